The number of fused-ring (bicyclic) bond motifs is 3. The van der Waals surface area contributed by atoms with E-state index >= 15 is 0 Å². The van der Waals surface area contributed by atoms with Crippen molar-refractivity contribution in [1.82, 2.24) is 9.38 Å². The van der Waals surface area contributed by atoms with E-state index in [1.54, 1.807) is 10.5 Å². The Kier molecular flexibility index (Phi) is 1.72. The minimum atomic E-state index is 0.0237. The van der Waals surface area contributed by atoms with Gasteiger partial charge in [0.05, 0.1) is 5.52 Å². The van der Waals surface area contributed by atoms with E-state index in [1.807, 2.05) is 38.1 Å². The molecule has 0 radical (unpaired) electrons. The van der Waals surface area contributed by atoms with Crippen LogP contribution in [0.2, 0.25) is 0 Å². The van der Waals surface area contributed by atoms with Crippen LogP contribution in [0.25, 0.3) is 16.6 Å². The number of aryl methyl sites for hydroxylation is 2. The molecule has 16 heavy (non-hydrogen) atoms. The van der Waals surface area contributed by atoms with Gasteiger partial charge >= 0.3 is 0 Å². The molecule has 2 heterocycles. The number of nitrogens with one attached hydrogen (secondary N) is 1. The molecule has 0 aliphatic carbocycles. The highest BCUT2D eigenvalue weighted by Crippen LogP contribution is 2.22. The van der Waals surface area contributed by atoms with Crippen molar-refractivity contribution in [3.63, 3.8) is 0 Å². The molecule has 0 bridgehead atoms. The van der Waals surface area contributed by atoms with Crippen LogP contribution in [0.15, 0.2) is 35.1 Å². The summed E-state index contributed by atoms with van der Waals surface area (Å²) in [5.74, 6) is 0. The first-order valence-electron chi connectivity index (χ1n) is 5.28. The Labute approximate surface area is 92.3 Å². The Hall–Kier alpha value is -2.03. The lowest BCUT2D eigenvalue weighted by Crippen LogP contribution is -2.12. The summed E-state index contributed by atoms with van der Waals surface area (Å²) in [7, 11) is 0. The van der Waals surface area contributed by atoms with Crippen LogP contribution in [0.3, 0.4) is 0 Å². The van der Waals surface area contributed by atoms with E-state index < -0.39 is 0 Å². The third kappa shape index (κ3) is 1.05. The zero-order valence-electron chi connectivity index (χ0n) is 9.24. The Bertz CT molecular complexity index is 750. The lowest BCUT2D eigenvalue weighted by Gasteiger charge is -1.98. The van der Waals surface area contributed by atoms with E-state index in [9.17, 15) is 4.79 Å². The molecular weight excluding hydrogens is 200 g/mol. The number of H-pyrrole nitrogens is 1. The van der Waals surface area contributed by atoms with Crippen LogP contribution < -0.4 is 5.56 Å². The number of aromatic nitrogens is 2. The minimum absolute atomic E-state index is 0.0237. The first kappa shape index (κ1) is 9.21. The maximum absolute atomic E-state index is 12.0. The number of nitrogens with zero attached hydrogens (tertiary/aromatic N) is 1. The van der Waals surface area contributed by atoms with E-state index in [-0.39, 0.29) is 5.56 Å². The smallest absolute Gasteiger partial charge is 0.258 e. The fraction of sp³-hybridized carbons (Fsp3) is 0.154. The molecule has 1 N–H and O–H groups in total. The van der Waals surface area contributed by atoms with Crippen molar-refractivity contribution in [3.05, 3.63) is 51.9 Å². The molecular formula is C13H12N2O. The van der Waals surface area contributed by atoms with Crippen LogP contribution in [0.5, 0.6) is 0 Å². The van der Waals surface area contributed by atoms with Crippen LogP contribution in [0, 0.1) is 13.8 Å². The van der Waals surface area contributed by atoms with Crippen LogP contribution in [0.4, 0.5) is 0 Å². The fourth-order valence-corrected chi connectivity index (χ4v) is 2.25. The quantitative estimate of drug-likeness (QED) is 0.610. The highest BCUT2D eigenvalue weighted by atomic mass is 16.1. The highest BCUT2D eigenvalue weighted by Gasteiger charge is 2.09. The molecule has 3 aromatic rings. The van der Waals surface area contributed by atoms with Crippen LogP contribution in [0.1, 0.15) is 11.3 Å². The average Bonchev–Trinajstić information content (AvgIpc) is 2.54. The van der Waals surface area contributed by atoms with Gasteiger partial charge in [0, 0.05) is 17.1 Å². The van der Waals surface area contributed by atoms with Gasteiger partial charge in [-0.25, -0.2) is 0 Å². The summed E-state index contributed by atoms with van der Waals surface area (Å²) in [6.45, 7) is 3.94. The van der Waals surface area contributed by atoms with Crippen molar-refractivity contribution in [2.45, 2.75) is 13.8 Å². The molecule has 0 aliphatic rings. The van der Waals surface area contributed by atoms with Gasteiger partial charge in [-0.1, -0.05) is 18.2 Å². The zero-order chi connectivity index (χ0) is 11.3. The van der Waals surface area contributed by atoms with Crippen LogP contribution >= 0.6 is 0 Å². The van der Waals surface area contributed by atoms with Gasteiger partial charge in [-0.2, -0.15) is 0 Å². The summed E-state index contributed by atoms with van der Waals surface area (Å²) in [5, 5.41) is 1.13. The van der Waals surface area contributed by atoms with Crippen molar-refractivity contribution in [3.8, 4) is 0 Å². The summed E-state index contributed by atoms with van der Waals surface area (Å²) >= 11 is 0. The van der Waals surface area contributed by atoms with E-state index in [0.29, 0.717) is 0 Å². The summed E-state index contributed by atoms with van der Waals surface area (Å²) < 4.78 is 1.73. The van der Waals surface area contributed by atoms with Crippen molar-refractivity contribution in [2.75, 3.05) is 0 Å². The molecule has 1 aromatic carbocycles. The minimum Gasteiger partial charge on any atom is -0.345 e. The molecule has 0 saturated carbocycles. The van der Waals surface area contributed by atoms with Gasteiger partial charge in [0.25, 0.3) is 5.56 Å². The summed E-state index contributed by atoms with van der Waals surface area (Å²) in [6.07, 6.45) is 0. The van der Waals surface area contributed by atoms with Crippen molar-refractivity contribution < 1.29 is 0 Å². The van der Waals surface area contributed by atoms with Crippen molar-refractivity contribution in [1.29, 1.82) is 0 Å². The topological polar surface area (TPSA) is 37.3 Å². The van der Waals surface area contributed by atoms with Gasteiger partial charge in [0.15, 0.2) is 0 Å². The van der Waals surface area contributed by atoms with E-state index in [1.165, 1.54) is 0 Å². The summed E-state index contributed by atoms with van der Waals surface area (Å²) in [4.78, 5) is 15.2. The maximum atomic E-state index is 12.0. The Morgan fingerprint density at radius 1 is 1.19 bits per heavy atom. The highest BCUT2D eigenvalue weighted by molar-refractivity contribution is 5.90. The van der Waals surface area contributed by atoms with E-state index in [0.717, 1.165) is 27.8 Å². The predicted octanol–water partition coefficient (Wildman–Crippen LogP) is 2.40. The molecule has 3 nitrogen and oxygen atoms in total. The Morgan fingerprint density at radius 3 is 2.75 bits per heavy atom. The number of benzene rings is 1. The first-order valence-corrected chi connectivity index (χ1v) is 5.28. The average molecular weight is 212 g/mol. The number of para-hydroxylation sites is 1. The number of hydrogen-bond acceptors (Lipinski definition) is 1. The molecule has 0 saturated heterocycles. The normalized spacial score (nSPS) is 11.4. The summed E-state index contributed by atoms with van der Waals surface area (Å²) in [5.41, 5.74) is 3.90. The predicted molar refractivity (Wildman–Crippen MR) is 65.0 cm³/mol. The molecule has 0 aliphatic heterocycles. The SMILES string of the molecule is Cc1cc(=O)n2c([nH]1)c(C)c1ccccc12. The third-order valence-electron chi connectivity index (χ3n) is 3.00. The summed E-state index contributed by atoms with van der Waals surface area (Å²) in [6, 6.07) is 9.58. The third-order valence-corrected chi connectivity index (χ3v) is 3.00. The molecule has 0 unspecified atom stereocenters. The van der Waals surface area contributed by atoms with E-state index in [4.69, 9.17) is 0 Å². The fourth-order valence-electron chi connectivity index (χ4n) is 2.25. The second-order valence-electron chi connectivity index (χ2n) is 4.12. The van der Waals surface area contributed by atoms with E-state index in [2.05, 4.69) is 4.98 Å². The van der Waals surface area contributed by atoms with Gasteiger partial charge in [-0.15, -0.1) is 0 Å². The van der Waals surface area contributed by atoms with Crippen LogP contribution in [-0.2, 0) is 0 Å². The van der Waals surface area contributed by atoms with Gasteiger partial charge in [-0.05, 0) is 25.5 Å². The second-order valence-corrected chi connectivity index (χ2v) is 4.12. The van der Waals surface area contributed by atoms with Crippen LogP contribution in [-0.4, -0.2) is 9.38 Å². The van der Waals surface area contributed by atoms with Crippen molar-refractivity contribution >= 4 is 16.6 Å². The van der Waals surface area contributed by atoms with Crippen molar-refractivity contribution in [2.24, 2.45) is 0 Å². The standard InChI is InChI=1S/C13H12N2O/c1-8-7-12(16)15-11-6-4-3-5-10(11)9(2)13(15)14-8/h3-7,14H,1-2H3. The Morgan fingerprint density at radius 2 is 1.94 bits per heavy atom. The Balaban J connectivity index is 2.73. The molecule has 3 rings (SSSR count). The second kappa shape index (κ2) is 2.98. The van der Waals surface area contributed by atoms with Gasteiger partial charge in [-0.3, -0.25) is 9.20 Å². The number of hydrogen-bond donors (Lipinski definition) is 1. The van der Waals surface area contributed by atoms with Gasteiger partial charge in [0.1, 0.15) is 5.65 Å². The molecule has 2 aromatic heterocycles. The lowest BCUT2D eigenvalue weighted by atomic mass is 10.2. The molecule has 0 amide bonds. The van der Waals surface area contributed by atoms with Gasteiger partial charge in [0.2, 0.25) is 0 Å². The molecule has 3 heteroatoms. The monoisotopic (exact) mass is 212 g/mol. The molecule has 0 spiro atoms. The largest absolute Gasteiger partial charge is 0.345 e. The molecule has 0 atom stereocenters. The molecule has 80 valence electrons. The molecule has 0 fully saturated rings. The maximum Gasteiger partial charge on any atom is 0.258 e. The van der Waals surface area contributed by atoms with Gasteiger partial charge < -0.3 is 4.98 Å². The zero-order valence-corrected chi connectivity index (χ0v) is 9.24. The number of aromatic amines is 1. The number of rotatable bonds is 0. The first-order chi connectivity index (χ1) is 7.68. The lowest BCUT2D eigenvalue weighted by molar-refractivity contribution is 1.06.